The molecule has 7 fully saturated rings. The molecule has 7 rings (SSSR count). The highest BCUT2D eigenvalue weighted by molar-refractivity contribution is 6.07. The van der Waals surface area contributed by atoms with E-state index in [0.29, 0.717) is 17.8 Å². The van der Waals surface area contributed by atoms with Crippen molar-refractivity contribution in [1.82, 2.24) is 4.90 Å². The highest BCUT2D eigenvalue weighted by atomic mass is 16.5. The van der Waals surface area contributed by atoms with Crippen molar-refractivity contribution in [2.45, 2.75) is 90.2 Å². The Morgan fingerprint density at radius 1 is 0.967 bits per heavy atom. The Bertz CT molecular complexity index is 781. The van der Waals surface area contributed by atoms with E-state index in [1.54, 1.807) is 4.90 Å². The zero-order valence-electron chi connectivity index (χ0n) is 18.6. The normalized spacial score (nSPS) is 48.6. The number of imide groups is 1. The molecule has 6 bridgehead atoms. The molecule has 30 heavy (non-hydrogen) atoms. The molecule has 164 valence electrons. The Morgan fingerprint density at radius 2 is 1.53 bits per heavy atom. The minimum absolute atomic E-state index is 0.0342. The highest BCUT2D eigenvalue weighted by Crippen LogP contribution is 2.63. The van der Waals surface area contributed by atoms with Crippen LogP contribution in [0, 0.1) is 46.8 Å². The summed E-state index contributed by atoms with van der Waals surface area (Å²) in [5.41, 5.74) is -0.689. The maximum absolute atomic E-state index is 13.8. The maximum Gasteiger partial charge on any atom is 0.311 e. The quantitative estimate of drug-likeness (QED) is 0.517. The number of esters is 1. The van der Waals surface area contributed by atoms with E-state index in [1.165, 1.54) is 19.3 Å². The molecule has 1 heterocycles. The average Bonchev–Trinajstić information content (AvgIpc) is 3.31. The van der Waals surface area contributed by atoms with Gasteiger partial charge in [0.1, 0.15) is 6.10 Å². The monoisotopic (exact) mass is 413 g/mol. The summed E-state index contributed by atoms with van der Waals surface area (Å²) in [6, 6.07) is 0. The molecule has 0 radical (unpaired) electrons. The number of rotatable bonds is 4. The van der Waals surface area contributed by atoms with Crippen molar-refractivity contribution in [3.8, 4) is 0 Å². The lowest BCUT2D eigenvalue weighted by Crippen LogP contribution is -2.62. The molecular weight excluding hydrogens is 378 g/mol. The number of ether oxygens (including phenoxy) is 1. The van der Waals surface area contributed by atoms with Crippen molar-refractivity contribution in [1.29, 1.82) is 0 Å². The predicted octanol–water partition coefficient (Wildman–Crippen LogP) is 3.94. The molecule has 2 amide bonds. The van der Waals surface area contributed by atoms with E-state index in [2.05, 4.69) is 0 Å². The van der Waals surface area contributed by atoms with E-state index in [1.807, 2.05) is 20.8 Å². The summed E-state index contributed by atoms with van der Waals surface area (Å²) in [4.78, 5) is 41.9. The van der Waals surface area contributed by atoms with Crippen molar-refractivity contribution in [3.63, 3.8) is 0 Å². The highest BCUT2D eigenvalue weighted by Gasteiger charge is 2.69. The number of likely N-dealkylation sites (tertiary alicyclic amines) is 1. The molecule has 5 atom stereocenters. The molecule has 5 unspecified atom stereocenters. The first kappa shape index (κ1) is 19.3. The SMILES string of the molecule is CCC(C)(C)C(=O)OC1CC2CC1C1C(=O)N(C34CC5CC(CC(C5)C3)C4)C(=O)C21. The lowest BCUT2D eigenvalue weighted by molar-refractivity contribution is -0.166. The van der Waals surface area contributed by atoms with E-state index in [9.17, 15) is 14.4 Å². The summed E-state index contributed by atoms with van der Waals surface area (Å²) in [6.45, 7) is 5.84. The van der Waals surface area contributed by atoms with Crippen molar-refractivity contribution in [3.05, 3.63) is 0 Å². The molecule has 1 saturated heterocycles. The van der Waals surface area contributed by atoms with Crippen LogP contribution in [0.4, 0.5) is 0 Å². The van der Waals surface area contributed by atoms with E-state index < -0.39 is 5.41 Å². The summed E-state index contributed by atoms with van der Waals surface area (Å²) >= 11 is 0. The van der Waals surface area contributed by atoms with Gasteiger partial charge in [0.2, 0.25) is 11.8 Å². The third kappa shape index (κ3) is 2.44. The van der Waals surface area contributed by atoms with Crippen LogP contribution in [0.15, 0.2) is 0 Å². The van der Waals surface area contributed by atoms with Gasteiger partial charge in [0.05, 0.1) is 22.8 Å². The van der Waals surface area contributed by atoms with Crippen LogP contribution in [0.3, 0.4) is 0 Å². The van der Waals surface area contributed by atoms with Gasteiger partial charge in [-0.15, -0.1) is 0 Å². The average molecular weight is 414 g/mol. The van der Waals surface area contributed by atoms with Gasteiger partial charge in [-0.05, 0) is 95.3 Å². The molecule has 5 nitrogen and oxygen atoms in total. The smallest absolute Gasteiger partial charge is 0.311 e. The fourth-order valence-corrected chi connectivity index (χ4v) is 8.78. The first-order chi connectivity index (χ1) is 14.2. The Morgan fingerprint density at radius 3 is 2.10 bits per heavy atom. The predicted molar refractivity (Wildman–Crippen MR) is 110 cm³/mol. The number of fused-ring (bicyclic) bond motifs is 5. The van der Waals surface area contributed by atoms with Gasteiger partial charge in [-0.25, -0.2) is 0 Å². The summed E-state index contributed by atoms with van der Waals surface area (Å²) in [6.07, 6.45) is 9.18. The summed E-state index contributed by atoms with van der Waals surface area (Å²) in [7, 11) is 0. The fraction of sp³-hybridized carbons (Fsp3) is 0.880. The van der Waals surface area contributed by atoms with Crippen molar-refractivity contribution in [2.24, 2.45) is 46.8 Å². The van der Waals surface area contributed by atoms with Crippen LogP contribution < -0.4 is 0 Å². The standard InChI is InChI=1S/C25H35NO4/c1-4-24(2,3)23(29)30-18-9-16-8-17(18)20-19(16)21(27)26(22(20)28)25-10-13-5-14(11-25)7-15(6-13)12-25/h13-20H,4-12H2,1-3H3. The van der Waals surface area contributed by atoms with Gasteiger partial charge in [0, 0.05) is 5.92 Å². The number of hydrogen-bond acceptors (Lipinski definition) is 4. The Balaban J connectivity index is 1.25. The van der Waals surface area contributed by atoms with E-state index in [4.69, 9.17) is 4.74 Å². The van der Waals surface area contributed by atoms with Gasteiger partial charge in [-0.3, -0.25) is 19.3 Å². The Hall–Kier alpha value is -1.39. The fourth-order valence-electron chi connectivity index (χ4n) is 8.78. The van der Waals surface area contributed by atoms with Crippen LogP contribution >= 0.6 is 0 Å². The van der Waals surface area contributed by atoms with E-state index in [0.717, 1.165) is 38.5 Å². The summed E-state index contributed by atoms with van der Waals surface area (Å²) in [5, 5.41) is 0. The molecule has 1 aliphatic heterocycles. The second-order valence-corrected chi connectivity index (χ2v) is 12.3. The molecule has 6 saturated carbocycles. The van der Waals surface area contributed by atoms with Crippen LogP contribution in [0.25, 0.3) is 0 Å². The minimum Gasteiger partial charge on any atom is -0.462 e. The van der Waals surface area contributed by atoms with Gasteiger partial charge < -0.3 is 4.74 Å². The molecule has 0 aromatic carbocycles. The zero-order valence-corrected chi connectivity index (χ0v) is 18.6. The molecular formula is C25H35NO4. The van der Waals surface area contributed by atoms with Crippen molar-refractivity contribution >= 4 is 17.8 Å². The Labute approximate surface area is 179 Å². The lowest BCUT2D eigenvalue weighted by atomic mass is 9.52. The maximum atomic E-state index is 13.8. The molecule has 0 N–H and O–H groups in total. The molecule has 7 aliphatic rings. The van der Waals surface area contributed by atoms with Crippen LogP contribution in [-0.4, -0.2) is 34.3 Å². The van der Waals surface area contributed by atoms with E-state index >= 15 is 0 Å². The first-order valence-electron chi connectivity index (χ1n) is 12.3. The Kier molecular flexibility index (Phi) is 3.93. The third-order valence-corrected chi connectivity index (χ3v) is 10.1. The van der Waals surface area contributed by atoms with Gasteiger partial charge in [-0.1, -0.05) is 6.92 Å². The number of amides is 2. The molecule has 0 spiro atoms. The summed E-state index contributed by atoms with van der Waals surface area (Å²) < 4.78 is 5.96. The second-order valence-electron chi connectivity index (χ2n) is 12.3. The number of carbonyl (C=O) groups is 3. The van der Waals surface area contributed by atoms with Gasteiger partial charge in [0.15, 0.2) is 0 Å². The van der Waals surface area contributed by atoms with Gasteiger partial charge in [0.25, 0.3) is 0 Å². The van der Waals surface area contributed by atoms with Gasteiger partial charge in [-0.2, -0.15) is 0 Å². The second kappa shape index (κ2) is 6.10. The first-order valence-corrected chi connectivity index (χ1v) is 12.3. The molecule has 0 aromatic heterocycles. The largest absolute Gasteiger partial charge is 0.462 e. The molecule has 6 aliphatic carbocycles. The topological polar surface area (TPSA) is 63.7 Å². The molecule has 5 heteroatoms. The van der Waals surface area contributed by atoms with Crippen LogP contribution in [0.5, 0.6) is 0 Å². The van der Waals surface area contributed by atoms with Crippen LogP contribution in [-0.2, 0) is 19.1 Å². The number of nitrogens with zero attached hydrogens (tertiary/aromatic N) is 1. The van der Waals surface area contributed by atoms with Crippen molar-refractivity contribution < 1.29 is 19.1 Å². The van der Waals surface area contributed by atoms with E-state index in [-0.39, 0.29) is 53.1 Å². The summed E-state index contributed by atoms with van der Waals surface area (Å²) in [5.74, 6) is 2.01. The van der Waals surface area contributed by atoms with Crippen LogP contribution in [0.1, 0.15) is 78.6 Å². The molecule has 0 aromatic rings. The lowest BCUT2D eigenvalue weighted by Gasteiger charge is -2.59. The number of carbonyl (C=O) groups excluding carboxylic acids is 3. The van der Waals surface area contributed by atoms with Crippen molar-refractivity contribution in [2.75, 3.05) is 0 Å². The zero-order chi connectivity index (χ0) is 21.0. The number of hydrogen-bond donors (Lipinski definition) is 0. The van der Waals surface area contributed by atoms with Crippen LogP contribution in [0.2, 0.25) is 0 Å². The van der Waals surface area contributed by atoms with Gasteiger partial charge >= 0.3 is 5.97 Å². The third-order valence-electron chi connectivity index (χ3n) is 10.1. The minimum atomic E-state index is -0.498.